The van der Waals surface area contributed by atoms with Crippen molar-refractivity contribution < 1.29 is 4.42 Å². The second-order valence-electron chi connectivity index (χ2n) is 15.5. The fourth-order valence-corrected chi connectivity index (χ4v) is 13.0. The molecular weight excluding hydrogens is 669 g/mol. The molecule has 1 aliphatic rings. The first-order chi connectivity index (χ1) is 26.6. The van der Waals surface area contributed by atoms with E-state index in [2.05, 4.69) is 183 Å². The Morgan fingerprint density at radius 3 is 1.44 bits per heavy atom. The van der Waals surface area contributed by atoms with Gasteiger partial charge in [0.1, 0.15) is 19.2 Å². The van der Waals surface area contributed by atoms with E-state index in [1.807, 2.05) is 0 Å². The number of para-hydroxylation sites is 2. The van der Waals surface area contributed by atoms with E-state index in [0.717, 1.165) is 27.5 Å². The lowest BCUT2D eigenvalue weighted by Gasteiger charge is -2.21. The van der Waals surface area contributed by atoms with Crippen LogP contribution in [-0.4, -0.2) is 8.07 Å². The molecule has 0 saturated heterocycles. The Bertz CT molecular complexity index is 3360. The molecule has 1 nitrogen and oxygen atoms in total. The van der Waals surface area contributed by atoms with Gasteiger partial charge in [0.15, 0.2) is 0 Å². The zero-order valence-corrected chi connectivity index (χ0v) is 31.1. The fraction of sp³-hybridized carbons (Fsp3) is 0.0385. The van der Waals surface area contributed by atoms with Gasteiger partial charge in [-0.3, -0.25) is 0 Å². The van der Waals surface area contributed by atoms with Crippen molar-refractivity contribution in [2.75, 3.05) is 0 Å². The molecule has 0 aliphatic carbocycles. The second-order valence-corrected chi connectivity index (χ2v) is 19.9. The summed E-state index contributed by atoms with van der Waals surface area (Å²) in [5.41, 5.74) is 9.55. The minimum atomic E-state index is -1.99. The Kier molecular flexibility index (Phi) is 6.00. The molecular formula is C52H34OSi. The first kappa shape index (κ1) is 30.0. The monoisotopic (exact) mass is 702 g/mol. The highest BCUT2D eigenvalue weighted by molar-refractivity contribution is 7.04. The minimum Gasteiger partial charge on any atom is -0.455 e. The maximum absolute atomic E-state index is 6.64. The molecule has 0 amide bonds. The van der Waals surface area contributed by atoms with Crippen LogP contribution >= 0.6 is 0 Å². The van der Waals surface area contributed by atoms with Crippen molar-refractivity contribution in [3.8, 4) is 33.4 Å². The maximum atomic E-state index is 6.64. The maximum Gasteiger partial charge on any atom is 0.143 e. The van der Waals surface area contributed by atoms with Gasteiger partial charge in [0.25, 0.3) is 0 Å². The lowest BCUT2D eigenvalue weighted by molar-refractivity contribution is 0.670. The molecule has 2 heterocycles. The Hall–Kier alpha value is -6.48. The molecule has 11 aromatic rings. The zero-order valence-electron chi connectivity index (χ0n) is 30.1. The molecule has 0 spiro atoms. The van der Waals surface area contributed by atoms with Crippen molar-refractivity contribution in [3.05, 3.63) is 170 Å². The van der Waals surface area contributed by atoms with E-state index in [9.17, 15) is 0 Å². The molecule has 0 unspecified atom stereocenters. The number of hydrogen-bond acceptors (Lipinski definition) is 1. The Morgan fingerprint density at radius 1 is 0.333 bits per heavy atom. The van der Waals surface area contributed by atoms with Gasteiger partial charge in [-0.25, -0.2) is 0 Å². The van der Waals surface area contributed by atoms with Crippen molar-refractivity contribution in [1.29, 1.82) is 0 Å². The highest BCUT2D eigenvalue weighted by Crippen LogP contribution is 2.47. The third-order valence-electron chi connectivity index (χ3n) is 12.4. The summed E-state index contributed by atoms with van der Waals surface area (Å²) in [5, 5.41) is 18.4. The molecule has 1 aromatic heterocycles. The molecule has 10 aromatic carbocycles. The van der Waals surface area contributed by atoms with E-state index in [1.54, 1.807) is 0 Å². The van der Waals surface area contributed by atoms with Gasteiger partial charge in [-0.2, -0.15) is 0 Å². The normalized spacial score (nSPS) is 13.5. The van der Waals surface area contributed by atoms with Crippen molar-refractivity contribution >= 4 is 94.2 Å². The standard InChI is InChI=1S/C52H34OSi/c1-54(2)48-27-26-31(28-45(48)46-29-43-34-16-5-3-14-32(34)33-15-4-6-17-35(33)44(43)30-49(46)54)50-37-19-7-9-21-39(37)51(40-22-10-8-20-38(40)50)42-24-13-23-41-36-18-11-12-25-47(36)53-52(41)42/h3-30H,1-2H3. The molecule has 0 atom stereocenters. The van der Waals surface area contributed by atoms with E-state index >= 15 is 0 Å². The number of rotatable bonds is 2. The zero-order chi connectivity index (χ0) is 35.7. The summed E-state index contributed by atoms with van der Waals surface area (Å²) in [6.07, 6.45) is 0. The molecule has 12 rings (SSSR count). The third-order valence-corrected chi connectivity index (χ3v) is 16.0. The van der Waals surface area contributed by atoms with Gasteiger partial charge in [-0.05, 0) is 105 Å². The summed E-state index contributed by atoms with van der Waals surface area (Å²) in [4.78, 5) is 0. The molecule has 0 N–H and O–H groups in total. The van der Waals surface area contributed by atoms with Gasteiger partial charge >= 0.3 is 0 Å². The summed E-state index contributed by atoms with van der Waals surface area (Å²) in [7, 11) is -1.99. The molecule has 2 heteroatoms. The van der Waals surface area contributed by atoms with Crippen LogP contribution in [0.15, 0.2) is 174 Å². The first-order valence-corrected chi connectivity index (χ1v) is 21.9. The van der Waals surface area contributed by atoms with Gasteiger partial charge < -0.3 is 4.42 Å². The van der Waals surface area contributed by atoms with Crippen LogP contribution in [-0.2, 0) is 0 Å². The van der Waals surface area contributed by atoms with Crippen LogP contribution in [0, 0.1) is 0 Å². The van der Waals surface area contributed by atoms with Gasteiger partial charge in [-0.15, -0.1) is 0 Å². The van der Waals surface area contributed by atoms with Crippen molar-refractivity contribution in [2.45, 2.75) is 13.1 Å². The quantitative estimate of drug-likeness (QED) is 0.0993. The van der Waals surface area contributed by atoms with Crippen molar-refractivity contribution in [1.82, 2.24) is 0 Å². The van der Waals surface area contributed by atoms with Gasteiger partial charge in [0.2, 0.25) is 0 Å². The SMILES string of the molecule is C[Si]1(C)c2ccc(-c3c4ccccc4c(-c4cccc5c4oc4ccccc45)c4ccccc34)cc2-c2cc3c4ccccc4c4ccccc4c3cc21. The number of fused-ring (bicyclic) bond motifs is 14. The lowest BCUT2D eigenvalue weighted by Crippen LogP contribution is -2.49. The topological polar surface area (TPSA) is 13.1 Å². The summed E-state index contributed by atoms with van der Waals surface area (Å²) < 4.78 is 6.64. The molecule has 0 bridgehead atoms. The lowest BCUT2D eigenvalue weighted by atomic mass is 9.85. The van der Waals surface area contributed by atoms with Crippen LogP contribution in [0.25, 0.3) is 109 Å². The van der Waals surface area contributed by atoms with E-state index in [1.165, 1.54) is 92.1 Å². The summed E-state index contributed by atoms with van der Waals surface area (Å²) in [5.74, 6) is 0. The molecule has 252 valence electrons. The third kappa shape index (κ3) is 3.93. The average molecular weight is 703 g/mol. The van der Waals surface area contributed by atoms with Crippen molar-refractivity contribution in [3.63, 3.8) is 0 Å². The summed E-state index contributed by atoms with van der Waals surface area (Å²) >= 11 is 0. The van der Waals surface area contributed by atoms with Crippen LogP contribution in [0.3, 0.4) is 0 Å². The summed E-state index contributed by atoms with van der Waals surface area (Å²) in [6.45, 7) is 5.06. The predicted octanol–water partition coefficient (Wildman–Crippen LogP) is 13.5. The number of hydrogen-bond donors (Lipinski definition) is 0. The average Bonchev–Trinajstić information content (AvgIpc) is 3.71. The molecule has 54 heavy (non-hydrogen) atoms. The highest BCUT2D eigenvalue weighted by Gasteiger charge is 2.38. The molecule has 0 radical (unpaired) electrons. The highest BCUT2D eigenvalue weighted by atomic mass is 28.3. The van der Waals surface area contributed by atoms with Crippen LogP contribution < -0.4 is 10.4 Å². The fourth-order valence-electron chi connectivity index (χ4n) is 9.98. The number of benzene rings is 10. The molecule has 0 fully saturated rings. The van der Waals surface area contributed by atoms with Crippen LogP contribution in [0.4, 0.5) is 0 Å². The van der Waals surface area contributed by atoms with E-state index in [0.29, 0.717) is 0 Å². The first-order valence-electron chi connectivity index (χ1n) is 18.9. The smallest absolute Gasteiger partial charge is 0.143 e. The van der Waals surface area contributed by atoms with Gasteiger partial charge in [-0.1, -0.05) is 165 Å². The van der Waals surface area contributed by atoms with Gasteiger partial charge in [0, 0.05) is 21.9 Å². The number of furan rings is 1. The summed E-state index contributed by atoms with van der Waals surface area (Å²) in [6, 6.07) is 63.2. The van der Waals surface area contributed by atoms with Crippen LogP contribution in [0.1, 0.15) is 0 Å². The predicted molar refractivity (Wildman–Crippen MR) is 234 cm³/mol. The molecule has 1 aliphatic heterocycles. The van der Waals surface area contributed by atoms with E-state index in [4.69, 9.17) is 4.42 Å². The second kappa shape index (κ2) is 10.8. The minimum absolute atomic E-state index is 0.920. The Balaban J connectivity index is 1.14. The van der Waals surface area contributed by atoms with Crippen LogP contribution in [0.5, 0.6) is 0 Å². The Morgan fingerprint density at radius 2 is 0.815 bits per heavy atom. The van der Waals surface area contributed by atoms with Crippen LogP contribution in [0.2, 0.25) is 13.1 Å². The van der Waals surface area contributed by atoms with Crippen molar-refractivity contribution in [2.24, 2.45) is 0 Å². The van der Waals surface area contributed by atoms with E-state index in [-0.39, 0.29) is 0 Å². The largest absolute Gasteiger partial charge is 0.455 e. The Labute approximate surface area is 313 Å². The molecule has 0 saturated carbocycles. The van der Waals surface area contributed by atoms with E-state index < -0.39 is 8.07 Å². The van der Waals surface area contributed by atoms with Gasteiger partial charge in [0.05, 0.1) is 0 Å².